The van der Waals surface area contributed by atoms with Crippen molar-refractivity contribution < 1.29 is 4.79 Å². The second kappa shape index (κ2) is 9.79. The van der Waals surface area contributed by atoms with Gasteiger partial charge < -0.3 is 5.32 Å². The number of halogens is 3. The summed E-state index contributed by atoms with van der Waals surface area (Å²) in [5.74, 6) is 0.481. The third-order valence-corrected chi connectivity index (χ3v) is 6.70. The normalized spacial score (nSPS) is 11.1. The van der Waals surface area contributed by atoms with E-state index in [1.165, 1.54) is 0 Å². The number of nitrogens with zero attached hydrogens (tertiary/aromatic N) is 3. The Morgan fingerprint density at radius 3 is 2.42 bits per heavy atom. The smallest absolute Gasteiger partial charge is 0.295 e. The van der Waals surface area contributed by atoms with E-state index in [9.17, 15) is 4.79 Å². The van der Waals surface area contributed by atoms with Crippen molar-refractivity contribution in [1.29, 1.82) is 0 Å². The Kier molecular flexibility index (Phi) is 7.02. The molecule has 8 heteroatoms. The fraction of sp³-hybridized carbons (Fsp3) is 0.160. The minimum absolute atomic E-state index is 0.0740. The van der Waals surface area contributed by atoms with Gasteiger partial charge in [0.25, 0.3) is 5.91 Å². The number of amides is 1. The molecule has 1 amide bonds. The van der Waals surface area contributed by atoms with Gasteiger partial charge in [-0.05, 0) is 66.4 Å². The van der Waals surface area contributed by atoms with E-state index in [1.807, 2.05) is 67.6 Å². The average molecular weight is 589 g/mol. The zero-order valence-electron chi connectivity index (χ0n) is 18.2. The van der Waals surface area contributed by atoms with Crippen molar-refractivity contribution in [3.63, 3.8) is 0 Å². The van der Waals surface area contributed by atoms with Crippen molar-refractivity contribution in [2.24, 2.45) is 0 Å². The van der Waals surface area contributed by atoms with Gasteiger partial charge in [-0.25, -0.2) is 9.67 Å². The summed E-state index contributed by atoms with van der Waals surface area (Å²) in [5.41, 5.74) is 4.20. The Labute approximate surface area is 214 Å². The third-order valence-electron chi connectivity index (χ3n) is 5.26. The topological polar surface area (TPSA) is 59.8 Å². The molecule has 0 aliphatic heterocycles. The van der Waals surface area contributed by atoms with Crippen LogP contribution in [0.3, 0.4) is 0 Å². The molecule has 168 valence electrons. The summed E-state index contributed by atoms with van der Waals surface area (Å²) in [6.45, 7) is 6.08. The van der Waals surface area contributed by atoms with E-state index in [1.54, 1.807) is 4.68 Å². The van der Waals surface area contributed by atoms with Crippen LogP contribution in [0.2, 0.25) is 5.02 Å². The van der Waals surface area contributed by atoms with Gasteiger partial charge in [-0.2, -0.15) is 0 Å². The summed E-state index contributed by atoms with van der Waals surface area (Å²) in [6, 6.07) is 19.1. The molecule has 0 radical (unpaired) electrons. The molecule has 4 aromatic rings. The Bertz CT molecular complexity index is 1330. The maximum atomic E-state index is 13.2. The van der Waals surface area contributed by atoms with Gasteiger partial charge in [0.05, 0.1) is 5.69 Å². The van der Waals surface area contributed by atoms with Gasteiger partial charge in [0.1, 0.15) is 0 Å². The molecule has 1 heterocycles. The lowest BCUT2D eigenvalue weighted by Gasteiger charge is -2.13. The highest BCUT2D eigenvalue weighted by Gasteiger charge is 2.21. The van der Waals surface area contributed by atoms with Crippen LogP contribution in [-0.2, 0) is 0 Å². The third kappa shape index (κ3) is 5.05. The van der Waals surface area contributed by atoms with E-state index in [0.717, 1.165) is 37.0 Å². The lowest BCUT2D eigenvalue weighted by Crippen LogP contribution is -2.16. The summed E-state index contributed by atoms with van der Waals surface area (Å²) < 4.78 is 3.58. The molecule has 0 spiro atoms. The van der Waals surface area contributed by atoms with Crippen LogP contribution >= 0.6 is 43.5 Å². The van der Waals surface area contributed by atoms with Gasteiger partial charge in [0.15, 0.2) is 5.82 Å². The molecule has 4 rings (SSSR count). The van der Waals surface area contributed by atoms with Crippen molar-refractivity contribution in [2.75, 3.05) is 5.32 Å². The molecule has 1 N–H and O–H groups in total. The fourth-order valence-electron chi connectivity index (χ4n) is 3.49. The Hall–Kier alpha value is -2.48. The standard InChI is InChI=1S/C25H21Br2ClN4O/c1-14(2)19-13-18(27)11-12-21(19)29-25(33)23-30-24(16-7-9-17(26)10-8-16)32(31-23)22-6-4-5-20(28)15(22)3/h4-14H,1-3H3,(H,29,33). The largest absolute Gasteiger partial charge is 0.319 e. The summed E-state index contributed by atoms with van der Waals surface area (Å²) in [5, 5.41) is 8.18. The van der Waals surface area contributed by atoms with Crippen molar-refractivity contribution >= 4 is 55.1 Å². The van der Waals surface area contributed by atoms with Crippen LogP contribution in [0, 0.1) is 6.92 Å². The van der Waals surface area contributed by atoms with Crippen LogP contribution in [0.5, 0.6) is 0 Å². The lowest BCUT2D eigenvalue weighted by atomic mass is 10.0. The van der Waals surface area contributed by atoms with Gasteiger partial charge in [-0.1, -0.05) is 75.5 Å². The van der Waals surface area contributed by atoms with Gasteiger partial charge >= 0.3 is 0 Å². The molecule has 3 aromatic carbocycles. The summed E-state index contributed by atoms with van der Waals surface area (Å²) in [7, 11) is 0. The molecular weight excluding hydrogens is 568 g/mol. The zero-order valence-corrected chi connectivity index (χ0v) is 22.2. The molecule has 0 saturated heterocycles. The first-order valence-electron chi connectivity index (χ1n) is 10.3. The van der Waals surface area contributed by atoms with E-state index in [2.05, 4.69) is 61.1 Å². The summed E-state index contributed by atoms with van der Waals surface area (Å²) in [4.78, 5) is 17.8. The van der Waals surface area contributed by atoms with Crippen LogP contribution in [0.15, 0.2) is 69.6 Å². The van der Waals surface area contributed by atoms with E-state index < -0.39 is 0 Å². The molecule has 0 atom stereocenters. The van der Waals surface area contributed by atoms with E-state index in [-0.39, 0.29) is 17.6 Å². The second-order valence-corrected chi connectivity index (χ2v) is 10.1. The summed E-state index contributed by atoms with van der Waals surface area (Å²) in [6.07, 6.45) is 0. The number of anilines is 1. The predicted octanol–water partition coefficient (Wildman–Crippen LogP) is 7.80. The van der Waals surface area contributed by atoms with Crippen molar-refractivity contribution in [3.8, 4) is 17.1 Å². The number of hydrogen-bond acceptors (Lipinski definition) is 3. The molecule has 0 aliphatic rings. The minimum atomic E-state index is -0.379. The van der Waals surface area contributed by atoms with Crippen LogP contribution in [-0.4, -0.2) is 20.7 Å². The number of rotatable bonds is 5. The van der Waals surface area contributed by atoms with Gasteiger partial charge in [-0.15, -0.1) is 5.10 Å². The predicted molar refractivity (Wildman–Crippen MR) is 140 cm³/mol. The molecular formula is C25H21Br2ClN4O. The molecule has 0 unspecified atom stereocenters. The quantitative estimate of drug-likeness (QED) is 0.259. The van der Waals surface area contributed by atoms with Gasteiger partial charge in [0.2, 0.25) is 5.82 Å². The molecule has 0 aliphatic carbocycles. The number of carbonyl (C=O) groups excluding carboxylic acids is 1. The van der Waals surface area contributed by atoms with Gasteiger partial charge in [-0.3, -0.25) is 4.79 Å². The molecule has 1 aromatic heterocycles. The Morgan fingerprint density at radius 1 is 1.03 bits per heavy atom. The maximum Gasteiger partial charge on any atom is 0.295 e. The maximum absolute atomic E-state index is 13.2. The first-order chi connectivity index (χ1) is 15.7. The first kappa shape index (κ1) is 23.7. The zero-order chi connectivity index (χ0) is 23.7. The Morgan fingerprint density at radius 2 is 1.73 bits per heavy atom. The molecule has 33 heavy (non-hydrogen) atoms. The highest BCUT2D eigenvalue weighted by Crippen LogP contribution is 2.30. The monoisotopic (exact) mass is 586 g/mol. The average Bonchev–Trinajstić information content (AvgIpc) is 3.22. The highest BCUT2D eigenvalue weighted by atomic mass is 79.9. The van der Waals surface area contributed by atoms with Crippen molar-refractivity contribution in [3.05, 3.63) is 91.6 Å². The minimum Gasteiger partial charge on any atom is -0.319 e. The van der Waals surface area contributed by atoms with Crippen molar-refractivity contribution in [1.82, 2.24) is 14.8 Å². The molecule has 0 bridgehead atoms. The second-order valence-electron chi connectivity index (χ2n) is 7.90. The van der Waals surface area contributed by atoms with Crippen LogP contribution < -0.4 is 5.32 Å². The van der Waals surface area contributed by atoms with Crippen molar-refractivity contribution in [2.45, 2.75) is 26.7 Å². The highest BCUT2D eigenvalue weighted by molar-refractivity contribution is 9.10. The number of aromatic nitrogens is 3. The van der Waals surface area contributed by atoms with E-state index in [0.29, 0.717) is 10.8 Å². The van der Waals surface area contributed by atoms with E-state index >= 15 is 0 Å². The van der Waals surface area contributed by atoms with Crippen LogP contribution in [0.4, 0.5) is 5.69 Å². The lowest BCUT2D eigenvalue weighted by molar-refractivity contribution is 0.101. The molecule has 0 fully saturated rings. The molecule has 0 saturated carbocycles. The fourth-order valence-corrected chi connectivity index (χ4v) is 4.30. The SMILES string of the molecule is Cc1c(Cl)cccc1-n1nc(C(=O)Nc2ccc(Br)cc2C(C)C)nc1-c1ccc(Br)cc1. The molecule has 5 nitrogen and oxygen atoms in total. The number of nitrogens with one attached hydrogen (secondary N) is 1. The van der Waals surface area contributed by atoms with Crippen LogP contribution in [0.25, 0.3) is 17.1 Å². The number of benzene rings is 3. The number of hydrogen-bond donors (Lipinski definition) is 1. The Balaban J connectivity index is 1.79. The van der Waals surface area contributed by atoms with Gasteiger partial charge in [0, 0.05) is 25.2 Å². The van der Waals surface area contributed by atoms with Crippen LogP contribution in [0.1, 0.15) is 41.5 Å². The first-order valence-corrected chi connectivity index (χ1v) is 12.3. The van der Waals surface area contributed by atoms with E-state index in [4.69, 9.17) is 11.6 Å². The summed E-state index contributed by atoms with van der Waals surface area (Å²) >= 11 is 13.3. The number of carbonyl (C=O) groups is 1.